The molecule has 0 bridgehead atoms. The number of aromatic nitrogens is 2. The smallest absolute Gasteiger partial charge is 0.308 e. The van der Waals surface area contributed by atoms with Crippen molar-refractivity contribution in [2.24, 2.45) is 0 Å². The highest BCUT2D eigenvalue weighted by molar-refractivity contribution is 5.89. The van der Waals surface area contributed by atoms with E-state index in [1.807, 2.05) is 0 Å². The molecular formula is C17H13F2N3O2. The number of carbonyl (C=O) groups excluding carboxylic acids is 1. The van der Waals surface area contributed by atoms with Gasteiger partial charge in [-0.2, -0.15) is 0 Å². The van der Waals surface area contributed by atoms with Crippen molar-refractivity contribution in [2.45, 2.75) is 6.42 Å². The first-order valence-corrected chi connectivity index (χ1v) is 7.24. The molecule has 1 aromatic heterocycles. The Balaban J connectivity index is 1.60. The Labute approximate surface area is 136 Å². The summed E-state index contributed by atoms with van der Waals surface area (Å²) >= 11 is 0. The number of nitrogens with zero attached hydrogens (tertiary/aromatic N) is 2. The second kappa shape index (κ2) is 6.99. The van der Waals surface area contributed by atoms with Gasteiger partial charge in [-0.05, 0) is 36.2 Å². The minimum Gasteiger partial charge on any atom is -0.412 e. The van der Waals surface area contributed by atoms with Crippen LogP contribution in [0.2, 0.25) is 0 Å². The number of halogens is 2. The van der Waals surface area contributed by atoms with Crippen LogP contribution in [0.4, 0.5) is 8.78 Å². The topological polar surface area (TPSA) is 68.0 Å². The Morgan fingerprint density at radius 2 is 1.79 bits per heavy atom. The SMILES string of the molecule is O=C(NCCc1ccc(F)cc1)c1nnc(-c2ccccc2F)o1. The maximum atomic E-state index is 13.6. The van der Waals surface area contributed by atoms with Crippen molar-refractivity contribution < 1.29 is 18.0 Å². The quantitative estimate of drug-likeness (QED) is 0.781. The molecule has 24 heavy (non-hydrogen) atoms. The summed E-state index contributed by atoms with van der Waals surface area (Å²) in [5, 5.41) is 9.93. The van der Waals surface area contributed by atoms with E-state index in [0.717, 1.165) is 5.56 Å². The second-order valence-electron chi connectivity index (χ2n) is 5.02. The van der Waals surface area contributed by atoms with Crippen molar-refractivity contribution in [3.63, 3.8) is 0 Å². The molecule has 122 valence electrons. The molecule has 3 rings (SSSR count). The van der Waals surface area contributed by atoms with Gasteiger partial charge in [0.15, 0.2) is 0 Å². The fourth-order valence-electron chi connectivity index (χ4n) is 2.11. The molecule has 1 amide bonds. The fourth-order valence-corrected chi connectivity index (χ4v) is 2.11. The summed E-state index contributed by atoms with van der Waals surface area (Å²) in [6.07, 6.45) is 0.528. The zero-order chi connectivity index (χ0) is 16.9. The van der Waals surface area contributed by atoms with Crippen molar-refractivity contribution in [1.82, 2.24) is 15.5 Å². The molecule has 0 aliphatic rings. The van der Waals surface area contributed by atoms with Crippen LogP contribution < -0.4 is 5.32 Å². The van der Waals surface area contributed by atoms with Crippen molar-refractivity contribution in [3.05, 3.63) is 71.6 Å². The Bertz CT molecular complexity index is 847. The zero-order valence-corrected chi connectivity index (χ0v) is 12.5. The molecule has 3 aromatic rings. The molecular weight excluding hydrogens is 316 g/mol. The van der Waals surface area contributed by atoms with Gasteiger partial charge < -0.3 is 9.73 Å². The lowest BCUT2D eigenvalue weighted by Crippen LogP contribution is -2.26. The number of benzene rings is 2. The summed E-state index contributed by atoms with van der Waals surface area (Å²) in [5.74, 6) is -1.67. The van der Waals surface area contributed by atoms with Crippen LogP contribution in [-0.4, -0.2) is 22.6 Å². The first kappa shape index (κ1) is 15.8. The molecule has 0 saturated carbocycles. The van der Waals surface area contributed by atoms with Crippen LogP contribution in [0, 0.1) is 11.6 Å². The maximum Gasteiger partial charge on any atom is 0.308 e. The van der Waals surface area contributed by atoms with Gasteiger partial charge in [0.1, 0.15) is 11.6 Å². The van der Waals surface area contributed by atoms with Crippen LogP contribution in [-0.2, 0) is 6.42 Å². The lowest BCUT2D eigenvalue weighted by molar-refractivity contribution is 0.0920. The molecule has 0 spiro atoms. The summed E-state index contributed by atoms with van der Waals surface area (Å²) in [5.41, 5.74) is 1.02. The van der Waals surface area contributed by atoms with Crippen LogP contribution >= 0.6 is 0 Å². The van der Waals surface area contributed by atoms with E-state index in [0.29, 0.717) is 13.0 Å². The number of nitrogens with one attached hydrogen (secondary N) is 1. The lowest BCUT2D eigenvalue weighted by atomic mass is 10.1. The van der Waals surface area contributed by atoms with Crippen molar-refractivity contribution in [3.8, 4) is 11.5 Å². The van der Waals surface area contributed by atoms with Gasteiger partial charge in [0.25, 0.3) is 5.89 Å². The molecule has 0 saturated heterocycles. The van der Waals surface area contributed by atoms with E-state index in [1.165, 1.54) is 30.3 Å². The molecule has 0 aliphatic heterocycles. The van der Waals surface area contributed by atoms with E-state index in [1.54, 1.807) is 18.2 Å². The fraction of sp³-hybridized carbons (Fsp3) is 0.118. The summed E-state index contributed by atoms with van der Waals surface area (Å²) in [6, 6.07) is 11.9. The third-order valence-corrected chi connectivity index (χ3v) is 3.34. The molecule has 1 heterocycles. The third kappa shape index (κ3) is 3.62. The Hall–Kier alpha value is -3.09. The number of hydrogen-bond acceptors (Lipinski definition) is 4. The van der Waals surface area contributed by atoms with Crippen LogP contribution in [0.15, 0.2) is 52.9 Å². The van der Waals surface area contributed by atoms with Crippen molar-refractivity contribution in [2.75, 3.05) is 6.54 Å². The van der Waals surface area contributed by atoms with E-state index in [2.05, 4.69) is 15.5 Å². The lowest BCUT2D eigenvalue weighted by Gasteiger charge is -2.02. The van der Waals surface area contributed by atoms with Gasteiger partial charge in [0.05, 0.1) is 5.56 Å². The molecule has 0 atom stereocenters. The average molecular weight is 329 g/mol. The monoisotopic (exact) mass is 329 g/mol. The number of rotatable bonds is 5. The molecule has 0 fully saturated rings. The molecule has 7 heteroatoms. The first-order chi connectivity index (χ1) is 11.6. The number of hydrogen-bond donors (Lipinski definition) is 1. The van der Waals surface area contributed by atoms with Gasteiger partial charge in [-0.1, -0.05) is 24.3 Å². The predicted molar refractivity (Wildman–Crippen MR) is 82.1 cm³/mol. The predicted octanol–water partition coefficient (Wildman–Crippen LogP) is 2.99. The zero-order valence-electron chi connectivity index (χ0n) is 12.5. The van der Waals surface area contributed by atoms with E-state index in [9.17, 15) is 13.6 Å². The van der Waals surface area contributed by atoms with Gasteiger partial charge in [-0.25, -0.2) is 8.78 Å². The Kier molecular flexibility index (Phi) is 4.60. The summed E-state index contributed by atoms with van der Waals surface area (Å²) in [7, 11) is 0. The molecule has 0 aliphatic carbocycles. The molecule has 5 nitrogen and oxygen atoms in total. The Morgan fingerprint density at radius 3 is 2.54 bits per heavy atom. The minimum atomic E-state index is -0.549. The molecule has 1 N–H and O–H groups in total. The highest BCUT2D eigenvalue weighted by Crippen LogP contribution is 2.20. The first-order valence-electron chi connectivity index (χ1n) is 7.24. The van der Waals surface area contributed by atoms with Crippen LogP contribution in [0.1, 0.15) is 16.2 Å². The summed E-state index contributed by atoms with van der Waals surface area (Å²) < 4.78 is 31.7. The van der Waals surface area contributed by atoms with Gasteiger partial charge in [0.2, 0.25) is 0 Å². The summed E-state index contributed by atoms with van der Waals surface area (Å²) in [4.78, 5) is 12.0. The minimum absolute atomic E-state index is 0.0585. The standard InChI is InChI=1S/C17H13F2N3O2/c18-12-7-5-11(6-8-12)9-10-20-15(23)17-22-21-16(24-17)13-3-1-2-4-14(13)19/h1-8H,9-10H2,(H,20,23). The maximum absolute atomic E-state index is 13.6. The van der Waals surface area contributed by atoms with Crippen molar-refractivity contribution >= 4 is 5.91 Å². The molecule has 0 radical (unpaired) electrons. The highest BCUT2D eigenvalue weighted by atomic mass is 19.1. The van der Waals surface area contributed by atoms with Gasteiger partial charge in [-0.3, -0.25) is 4.79 Å². The second-order valence-corrected chi connectivity index (χ2v) is 5.02. The number of carbonyl (C=O) groups is 1. The molecule has 2 aromatic carbocycles. The highest BCUT2D eigenvalue weighted by Gasteiger charge is 2.17. The normalized spacial score (nSPS) is 10.6. The van der Waals surface area contributed by atoms with Crippen LogP contribution in [0.25, 0.3) is 11.5 Å². The third-order valence-electron chi connectivity index (χ3n) is 3.34. The van der Waals surface area contributed by atoms with E-state index < -0.39 is 11.7 Å². The van der Waals surface area contributed by atoms with Gasteiger partial charge >= 0.3 is 11.8 Å². The van der Waals surface area contributed by atoms with Gasteiger partial charge in [0, 0.05) is 6.54 Å². The van der Waals surface area contributed by atoms with E-state index >= 15 is 0 Å². The Morgan fingerprint density at radius 1 is 1.04 bits per heavy atom. The van der Waals surface area contributed by atoms with E-state index in [-0.39, 0.29) is 23.2 Å². The van der Waals surface area contributed by atoms with Crippen molar-refractivity contribution in [1.29, 1.82) is 0 Å². The van der Waals surface area contributed by atoms with Gasteiger partial charge in [-0.15, -0.1) is 10.2 Å². The molecule has 0 unspecified atom stereocenters. The number of amides is 1. The average Bonchev–Trinajstić information content (AvgIpc) is 3.07. The van der Waals surface area contributed by atoms with Crippen LogP contribution in [0.5, 0.6) is 0 Å². The van der Waals surface area contributed by atoms with E-state index in [4.69, 9.17) is 4.42 Å². The summed E-state index contributed by atoms with van der Waals surface area (Å²) in [6.45, 7) is 0.321. The largest absolute Gasteiger partial charge is 0.412 e. The van der Waals surface area contributed by atoms with Crippen LogP contribution in [0.3, 0.4) is 0 Å².